The average Bonchev–Trinajstić information content (AvgIpc) is 3.24. The van der Waals surface area contributed by atoms with E-state index in [0.717, 1.165) is 27.1 Å². The van der Waals surface area contributed by atoms with E-state index in [9.17, 15) is 19.8 Å². The van der Waals surface area contributed by atoms with E-state index in [1.54, 1.807) is 13.1 Å². The van der Waals surface area contributed by atoms with Gasteiger partial charge in [0.05, 0.1) is 39.7 Å². The van der Waals surface area contributed by atoms with E-state index in [-0.39, 0.29) is 17.1 Å². The van der Waals surface area contributed by atoms with Crippen molar-refractivity contribution in [3.8, 4) is 28.4 Å². The summed E-state index contributed by atoms with van der Waals surface area (Å²) in [5.74, 6) is -0.476. The van der Waals surface area contributed by atoms with E-state index in [1.165, 1.54) is 23.7 Å². The molecule has 8 nitrogen and oxygen atoms in total. The predicted octanol–water partition coefficient (Wildman–Crippen LogP) is 3.93. The number of fused-ring (bicyclic) bond motifs is 5. The Morgan fingerprint density at radius 1 is 0.861 bits per heavy atom. The minimum Gasteiger partial charge on any atom is -0.504 e. The van der Waals surface area contributed by atoms with Crippen molar-refractivity contribution in [2.75, 3.05) is 5.32 Å². The zero-order valence-corrected chi connectivity index (χ0v) is 20.0. The first-order chi connectivity index (χ1) is 17.3. The first-order valence-electron chi connectivity index (χ1n) is 11.6. The van der Waals surface area contributed by atoms with Crippen molar-refractivity contribution in [2.24, 2.45) is 14.1 Å². The SMILES string of the molecule is Cc1cccc(-c2c3c(=O)n(C)c(=O)n(C)c3c3n2-c2ccccc2N[C@@H]3c2ccc(O)c(O)c2)c1. The van der Waals surface area contributed by atoms with Crippen molar-refractivity contribution in [3.63, 3.8) is 0 Å². The molecule has 1 aliphatic heterocycles. The molecule has 3 aromatic carbocycles. The second-order valence-corrected chi connectivity index (χ2v) is 9.21. The quantitative estimate of drug-likeness (QED) is 0.333. The van der Waals surface area contributed by atoms with Crippen LogP contribution in [0, 0.1) is 6.92 Å². The van der Waals surface area contributed by atoms with Crippen LogP contribution in [-0.4, -0.2) is 23.9 Å². The number of rotatable bonds is 2. The zero-order chi connectivity index (χ0) is 25.3. The highest BCUT2D eigenvalue weighted by molar-refractivity contribution is 5.99. The number of aromatic hydroxyl groups is 2. The van der Waals surface area contributed by atoms with Crippen molar-refractivity contribution in [1.82, 2.24) is 13.7 Å². The van der Waals surface area contributed by atoms with Gasteiger partial charge in [0.2, 0.25) is 0 Å². The van der Waals surface area contributed by atoms with Gasteiger partial charge in [-0.25, -0.2) is 4.79 Å². The van der Waals surface area contributed by atoms with Gasteiger partial charge in [-0.2, -0.15) is 0 Å². The lowest BCUT2D eigenvalue weighted by molar-refractivity contribution is 0.403. The van der Waals surface area contributed by atoms with Gasteiger partial charge in [0, 0.05) is 14.1 Å². The molecule has 36 heavy (non-hydrogen) atoms. The van der Waals surface area contributed by atoms with Crippen LogP contribution in [0.4, 0.5) is 5.69 Å². The van der Waals surface area contributed by atoms with Gasteiger partial charge in [0.15, 0.2) is 11.5 Å². The summed E-state index contributed by atoms with van der Waals surface area (Å²) in [4.78, 5) is 26.8. The van der Waals surface area contributed by atoms with Crippen molar-refractivity contribution >= 4 is 16.6 Å². The lowest BCUT2D eigenvalue weighted by Gasteiger charge is -2.31. The number of aryl methyl sites for hydroxylation is 2. The molecule has 2 aromatic heterocycles. The maximum Gasteiger partial charge on any atom is 0.331 e. The number of hydrogen-bond acceptors (Lipinski definition) is 5. The van der Waals surface area contributed by atoms with Crippen LogP contribution in [0.2, 0.25) is 0 Å². The lowest BCUT2D eigenvalue weighted by Crippen LogP contribution is -2.37. The molecule has 0 saturated heterocycles. The normalized spacial score (nSPS) is 14.4. The Kier molecular flexibility index (Phi) is 4.63. The highest BCUT2D eigenvalue weighted by Gasteiger charge is 2.35. The summed E-state index contributed by atoms with van der Waals surface area (Å²) in [6, 6.07) is 19.8. The molecule has 0 radical (unpaired) electrons. The predicted molar refractivity (Wildman–Crippen MR) is 139 cm³/mol. The summed E-state index contributed by atoms with van der Waals surface area (Å²) in [5, 5.41) is 24.2. The van der Waals surface area contributed by atoms with Gasteiger partial charge >= 0.3 is 5.69 Å². The van der Waals surface area contributed by atoms with Crippen molar-refractivity contribution in [3.05, 3.63) is 104 Å². The van der Waals surface area contributed by atoms with E-state index < -0.39 is 11.7 Å². The molecule has 8 heteroatoms. The van der Waals surface area contributed by atoms with Crippen LogP contribution in [0.3, 0.4) is 0 Å². The van der Waals surface area contributed by atoms with Crippen LogP contribution in [0.1, 0.15) is 22.9 Å². The fourth-order valence-electron chi connectivity index (χ4n) is 5.25. The number of phenolic OH excluding ortho intramolecular Hbond substituents is 2. The van der Waals surface area contributed by atoms with E-state index in [0.29, 0.717) is 27.9 Å². The van der Waals surface area contributed by atoms with E-state index >= 15 is 0 Å². The first-order valence-corrected chi connectivity index (χ1v) is 11.6. The molecule has 180 valence electrons. The molecule has 3 N–H and O–H groups in total. The van der Waals surface area contributed by atoms with Crippen molar-refractivity contribution < 1.29 is 10.2 Å². The summed E-state index contributed by atoms with van der Waals surface area (Å²) in [5.41, 5.74) is 5.34. The minimum absolute atomic E-state index is 0.225. The fraction of sp³-hybridized carbons (Fsp3) is 0.143. The minimum atomic E-state index is -0.523. The smallest absolute Gasteiger partial charge is 0.331 e. The first kappa shape index (κ1) is 21.8. The van der Waals surface area contributed by atoms with E-state index in [1.807, 2.05) is 60.0 Å². The Morgan fingerprint density at radius 2 is 1.64 bits per heavy atom. The van der Waals surface area contributed by atoms with Crippen LogP contribution in [-0.2, 0) is 14.1 Å². The number of benzene rings is 3. The number of anilines is 1. The average molecular weight is 481 g/mol. The van der Waals surface area contributed by atoms with Gasteiger partial charge in [-0.05, 0) is 48.4 Å². The third-order valence-corrected chi connectivity index (χ3v) is 6.95. The summed E-state index contributed by atoms with van der Waals surface area (Å²) < 4.78 is 4.68. The molecule has 0 aliphatic carbocycles. The molecule has 1 aliphatic rings. The molecule has 0 bridgehead atoms. The highest BCUT2D eigenvalue weighted by Crippen LogP contribution is 2.46. The molecule has 0 unspecified atom stereocenters. The Balaban J connectivity index is 1.86. The third-order valence-electron chi connectivity index (χ3n) is 6.95. The second kappa shape index (κ2) is 7.64. The summed E-state index contributed by atoms with van der Waals surface area (Å²) in [6.07, 6.45) is 0. The van der Waals surface area contributed by atoms with Crippen LogP contribution in [0.5, 0.6) is 11.5 Å². The second-order valence-electron chi connectivity index (χ2n) is 9.21. The van der Waals surface area contributed by atoms with Crippen molar-refractivity contribution in [2.45, 2.75) is 13.0 Å². The lowest BCUT2D eigenvalue weighted by atomic mass is 9.99. The molecule has 0 amide bonds. The van der Waals surface area contributed by atoms with Crippen LogP contribution < -0.4 is 16.6 Å². The Morgan fingerprint density at radius 3 is 2.39 bits per heavy atom. The molecular formula is C28H24N4O4. The summed E-state index contributed by atoms with van der Waals surface area (Å²) in [6.45, 7) is 2.00. The largest absolute Gasteiger partial charge is 0.504 e. The maximum atomic E-state index is 13.7. The van der Waals surface area contributed by atoms with Crippen LogP contribution in [0.25, 0.3) is 27.8 Å². The topological polar surface area (TPSA) is 101 Å². The van der Waals surface area contributed by atoms with Crippen LogP contribution in [0.15, 0.2) is 76.3 Å². The Hall–Kier alpha value is -4.72. The van der Waals surface area contributed by atoms with Gasteiger partial charge in [0.25, 0.3) is 5.56 Å². The van der Waals surface area contributed by atoms with Gasteiger partial charge in [-0.1, -0.05) is 42.0 Å². The maximum absolute atomic E-state index is 13.7. The molecule has 0 spiro atoms. The third kappa shape index (κ3) is 2.94. The Bertz CT molecular complexity index is 1830. The van der Waals surface area contributed by atoms with Gasteiger partial charge < -0.3 is 20.1 Å². The molecule has 5 aromatic rings. The standard InChI is InChI=1S/C28H24N4O4/c1-15-7-6-8-17(13-15)24-22-25(30(2)28(36)31(3)27(22)35)26-23(16-11-12-20(33)21(34)14-16)29-18-9-4-5-10-19(18)32(24)26/h4-14,23,29,33-34H,1-3H3/t23-/m1/s1. The van der Waals surface area contributed by atoms with Crippen molar-refractivity contribution in [1.29, 1.82) is 0 Å². The number of aromatic nitrogens is 3. The van der Waals surface area contributed by atoms with Gasteiger partial charge in [0.1, 0.15) is 0 Å². The van der Waals surface area contributed by atoms with Gasteiger partial charge in [-0.15, -0.1) is 0 Å². The number of hydrogen-bond donors (Lipinski definition) is 3. The molecule has 0 fully saturated rings. The summed E-state index contributed by atoms with van der Waals surface area (Å²) in [7, 11) is 3.15. The number of nitrogens with zero attached hydrogens (tertiary/aromatic N) is 3. The van der Waals surface area contributed by atoms with E-state index in [4.69, 9.17) is 0 Å². The summed E-state index contributed by atoms with van der Waals surface area (Å²) >= 11 is 0. The number of para-hydroxylation sites is 2. The number of nitrogens with one attached hydrogen (secondary N) is 1. The van der Waals surface area contributed by atoms with E-state index in [2.05, 4.69) is 5.32 Å². The molecule has 1 atom stereocenters. The Labute approximate surface area is 205 Å². The van der Waals surface area contributed by atoms with Gasteiger partial charge in [-0.3, -0.25) is 13.9 Å². The molecule has 6 rings (SSSR count). The molecule has 3 heterocycles. The van der Waals surface area contributed by atoms with Crippen LogP contribution >= 0.6 is 0 Å². The fourth-order valence-corrected chi connectivity index (χ4v) is 5.25. The monoisotopic (exact) mass is 480 g/mol. The zero-order valence-electron chi connectivity index (χ0n) is 20.0. The molecular weight excluding hydrogens is 456 g/mol. The molecule has 0 saturated carbocycles. The number of phenols is 2. The highest BCUT2D eigenvalue weighted by atomic mass is 16.3.